The van der Waals surface area contributed by atoms with Crippen molar-refractivity contribution in [2.75, 3.05) is 11.1 Å². The van der Waals surface area contributed by atoms with Crippen LogP contribution in [0.15, 0.2) is 84.0 Å². The molecule has 0 bridgehead atoms. The summed E-state index contributed by atoms with van der Waals surface area (Å²) in [6.45, 7) is 2.26. The Hall–Kier alpha value is -3.79. The van der Waals surface area contributed by atoms with Crippen LogP contribution < -0.4 is 10.1 Å². The van der Waals surface area contributed by atoms with Crippen LogP contribution in [0.2, 0.25) is 0 Å². The molecule has 1 N–H and O–H groups in total. The van der Waals surface area contributed by atoms with E-state index >= 15 is 0 Å². The van der Waals surface area contributed by atoms with Gasteiger partial charge in [0.25, 0.3) is 0 Å². The van der Waals surface area contributed by atoms with Gasteiger partial charge in [-0.15, -0.1) is 10.2 Å². The van der Waals surface area contributed by atoms with E-state index < -0.39 is 11.7 Å². The molecule has 35 heavy (non-hydrogen) atoms. The quantitative estimate of drug-likeness (QED) is 0.306. The smallest absolute Gasteiger partial charge is 0.416 e. The van der Waals surface area contributed by atoms with Crippen molar-refractivity contribution in [1.29, 1.82) is 0 Å². The largest absolute Gasteiger partial charge is 0.489 e. The zero-order valence-electron chi connectivity index (χ0n) is 18.6. The molecule has 0 aliphatic rings. The van der Waals surface area contributed by atoms with Crippen molar-refractivity contribution in [2.24, 2.45) is 0 Å². The van der Waals surface area contributed by atoms with Gasteiger partial charge in [-0.05, 0) is 61.0 Å². The molecule has 0 aliphatic carbocycles. The molecule has 1 aromatic heterocycles. The molecule has 6 nitrogen and oxygen atoms in total. The average Bonchev–Trinajstić information content (AvgIpc) is 3.22. The number of carbonyl (C=O) groups is 1. The Morgan fingerprint density at radius 3 is 2.31 bits per heavy atom. The predicted octanol–water partition coefficient (Wildman–Crippen LogP) is 5.90. The molecule has 0 aliphatic heterocycles. The summed E-state index contributed by atoms with van der Waals surface area (Å²) in [4.78, 5) is 12.3. The summed E-state index contributed by atoms with van der Waals surface area (Å²) in [5, 5.41) is 11.4. The van der Waals surface area contributed by atoms with E-state index in [0.29, 0.717) is 23.3 Å². The van der Waals surface area contributed by atoms with Crippen molar-refractivity contribution < 1.29 is 22.7 Å². The molecule has 1 heterocycles. The van der Waals surface area contributed by atoms with E-state index in [9.17, 15) is 18.0 Å². The van der Waals surface area contributed by atoms with Gasteiger partial charge in [0.05, 0.1) is 11.3 Å². The number of halogens is 3. The summed E-state index contributed by atoms with van der Waals surface area (Å²) >= 11 is 1.18. The lowest BCUT2D eigenvalue weighted by molar-refractivity contribution is -0.137. The zero-order valence-corrected chi connectivity index (χ0v) is 19.4. The van der Waals surface area contributed by atoms with Crippen molar-refractivity contribution in [3.8, 4) is 11.4 Å². The lowest BCUT2D eigenvalue weighted by atomic mass is 10.2. The van der Waals surface area contributed by atoms with Gasteiger partial charge in [-0.1, -0.05) is 42.1 Å². The monoisotopic (exact) mass is 498 g/mol. The number of benzene rings is 3. The minimum absolute atomic E-state index is 0.0113. The van der Waals surface area contributed by atoms with Gasteiger partial charge in [0.1, 0.15) is 18.2 Å². The highest BCUT2D eigenvalue weighted by Crippen LogP contribution is 2.30. The fourth-order valence-electron chi connectivity index (χ4n) is 3.24. The van der Waals surface area contributed by atoms with Gasteiger partial charge in [0.2, 0.25) is 5.91 Å². The number of aryl methyl sites for hydroxylation is 1. The van der Waals surface area contributed by atoms with Gasteiger partial charge in [-0.2, -0.15) is 13.2 Å². The van der Waals surface area contributed by atoms with E-state index in [1.54, 1.807) is 6.92 Å². The maximum Gasteiger partial charge on any atom is 0.416 e. The van der Waals surface area contributed by atoms with Gasteiger partial charge < -0.3 is 10.1 Å². The van der Waals surface area contributed by atoms with Crippen molar-refractivity contribution in [3.05, 3.63) is 95.8 Å². The number of nitrogens with zero attached hydrogens (tertiary/aromatic N) is 3. The number of aromatic nitrogens is 3. The Kier molecular flexibility index (Phi) is 7.40. The Morgan fingerprint density at radius 2 is 1.66 bits per heavy atom. The molecule has 10 heteroatoms. The van der Waals surface area contributed by atoms with Gasteiger partial charge >= 0.3 is 6.18 Å². The number of carbonyl (C=O) groups excluding carboxylic acids is 1. The summed E-state index contributed by atoms with van der Waals surface area (Å²) < 4.78 is 45.7. The van der Waals surface area contributed by atoms with Crippen LogP contribution in [0.5, 0.6) is 5.75 Å². The molecule has 0 radical (unpaired) electrons. The first-order valence-corrected chi connectivity index (χ1v) is 11.6. The van der Waals surface area contributed by atoms with Crippen LogP contribution in [0.25, 0.3) is 5.69 Å². The van der Waals surface area contributed by atoms with Crippen LogP contribution in [0.1, 0.15) is 17.0 Å². The second kappa shape index (κ2) is 10.6. The summed E-state index contributed by atoms with van der Waals surface area (Å²) in [7, 11) is 0. The van der Waals surface area contributed by atoms with Crippen LogP contribution in [0.3, 0.4) is 0 Å². The first-order valence-electron chi connectivity index (χ1n) is 10.6. The molecule has 180 valence electrons. The van der Waals surface area contributed by atoms with Gasteiger partial charge in [0.15, 0.2) is 5.16 Å². The van der Waals surface area contributed by atoms with E-state index in [2.05, 4.69) is 15.5 Å². The zero-order chi connectivity index (χ0) is 24.8. The first-order chi connectivity index (χ1) is 16.8. The van der Waals surface area contributed by atoms with Crippen LogP contribution in [-0.4, -0.2) is 26.4 Å². The van der Waals surface area contributed by atoms with Crippen LogP contribution in [-0.2, 0) is 17.6 Å². The summed E-state index contributed by atoms with van der Waals surface area (Å²) in [5.41, 5.74) is 1.39. The highest BCUT2D eigenvalue weighted by molar-refractivity contribution is 7.99. The van der Waals surface area contributed by atoms with Crippen LogP contribution >= 0.6 is 11.8 Å². The maximum atomic E-state index is 12.7. The lowest BCUT2D eigenvalue weighted by Gasteiger charge is -2.11. The van der Waals surface area contributed by atoms with Crippen LogP contribution in [0, 0.1) is 6.92 Å². The fourth-order valence-corrected chi connectivity index (χ4v) is 4.03. The van der Waals surface area contributed by atoms with Crippen molar-refractivity contribution in [3.63, 3.8) is 0 Å². The van der Waals surface area contributed by atoms with Crippen LogP contribution in [0.4, 0.5) is 18.9 Å². The molecule has 4 aromatic rings. The highest BCUT2D eigenvalue weighted by atomic mass is 32.2. The summed E-state index contributed by atoms with van der Waals surface area (Å²) in [6.07, 6.45) is -4.42. The number of ether oxygens (including phenoxy) is 1. The number of anilines is 1. The Bertz CT molecular complexity index is 1280. The van der Waals surface area contributed by atoms with Gasteiger partial charge in [0, 0.05) is 11.4 Å². The van der Waals surface area contributed by atoms with E-state index in [4.69, 9.17) is 4.74 Å². The molecular formula is C25H21F3N4O2S. The topological polar surface area (TPSA) is 69.0 Å². The molecule has 3 aromatic carbocycles. The van der Waals surface area contributed by atoms with Crippen molar-refractivity contribution in [2.45, 2.75) is 24.9 Å². The predicted molar refractivity (Wildman–Crippen MR) is 128 cm³/mol. The Labute approximate surface area is 204 Å². The molecule has 0 atom stereocenters. The molecule has 0 unspecified atom stereocenters. The van der Waals surface area contributed by atoms with Crippen molar-refractivity contribution >= 4 is 23.4 Å². The van der Waals surface area contributed by atoms with Gasteiger partial charge in [-0.25, -0.2) is 0 Å². The number of nitrogens with one attached hydrogen (secondary N) is 1. The van der Waals surface area contributed by atoms with Crippen molar-refractivity contribution in [1.82, 2.24) is 14.8 Å². The molecule has 4 rings (SSSR count). The fraction of sp³-hybridized carbons (Fsp3) is 0.160. The molecular weight excluding hydrogens is 477 g/mol. The number of rotatable bonds is 8. The minimum Gasteiger partial charge on any atom is -0.489 e. The molecule has 0 saturated carbocycles. The number of thioether (sulfide) groups is 1. The number of hydrogen-bond donors (Lipinski definition) is 1. The molecule has 1 amide bonds. The molecule has 0 spiro atoms. The minimum atomic E-state index is -4.42. The van der Waals surface area contributed by atoms with E-state index in [0.717, 1.165) is 23.4 Å². The lowest BCUT2D eigenvalue weighted by Crippen LogP contribution is -2.15. The first kappa shape index (κ1) is 24.3. The Morgan fingerprint density at radius 1 is 0.971 bits per heavy atom. The highest BCUT2D eigenvalue weighted by Gasteiger charge is 2.30. The number of alkyl halides is 3. The Balaban J connectivity index is 1.36. The molecule has 0 fully saturated rings. The second-order valence-corrected chi connectivity index (χ2v) is 8.49. The van der Waals surface area contributed by atoms with Gasteiger partial charge in [-0.3, -0.25) is 9.36 Å². The summed E-state index contributed by atoms with van der Waals surface area (Å²) in [6, 6.07) is 21.6. The summed E-state index contributed by atoms with van der Waals surface area (Å²) in [5.74, 6) is 1.01. The second-order valence-electron chi connectivity index (χ2n) is 7.55. The normalized spacial score (nSPS) is 11.3. The SMILES string of the molecule is Cc1nnc(SCC(=O)Nc2ccc(C(F)(F)F)cc2)n1-c1ccc(OCc2ccccc2)cc1. The number of amides is 1. The van der Waals surface area contributed by atoms with E-state index in [1.165, 1.54) is 23.9 Å². The van der Waals surface area contributed by atoms with E-state index in [-0.39, 0.29) is 17.3 Å². The standard InChI is InChI=1S/C25H21F3N4O2S/c1-17-30-31-24(35-16-23(33)29-20-9-7-19(8-10-20)25(26,27)28)32(17)21-11-13-22(14-12-21)34-15-18-5-3-2-4-6-18/h2-14H,15-16H2,1H3,(H,29,33). The third-order valence-electron chi connectivity index (χ3n) is 4.97. The average molecular weight is 499 g/mol. The third-order valence-corrected chi connectivity index (χ3v) is 5.90. The molecule has 0 saturated heterocycles. The third kappa shape index (κ3) is 6.42. The van der Waals surface area contributed by atoms with E-state index in [1.807, 2.05) is 59.2 Å². The maximum absolute atomic E-state index is 12.7. The number of hydrogen-bond acceptors (Lipinski definition) is 5.